The Bertz CT molecular complexity index is 1070. The van der Waals surface area contributed by atoms with E-state index in [0.29, 0.717) is 24.9 Å². The standard InChI is InChI=1S/C22H20Cl2F3N3O2/c1-2-28-20(31)29-18-6-4-12-7-13(3-5-17(12)18)19-11-21(32-30-19,22(25,26)27)14-8-15(23)10-16(24)9-14/h3,5,7-10,18H,2,4,6,11H2,1H3,(H2,28,29,31). The highest BCUT2D eigenvalue weighted by Crippen LogP contribution is 2.50. The summed E-state index contributed by atoms with van der Waals surface area (Å²) in [5, 5.41) is 9.58. The first-order chi connectivity index (χ1) is 15.1. The van der Waals surface area contributed by atoms with E-state index in [0.717, 1.165) is 11.1 Å². The molecule has 0 fully saturated rings. The second-order valence-electron chi connectivity index (χ2n) is 7.80. The van der Waals surface area contributed by atoms with Gasteiger partial charge in [-0.1, -0.05) is 40.5 Å². The molecule has 0 bridgehead atoms. The molecule has 2 N–H and O–H groups in total. The van der Waals surface area contributed by atoms with Gasteiger partial charge in [-0.05, 0) is 60.7 Å². The number of fused-ring (bicyclic) bond motifs is 1. The summed E-state index contributed by atoms with van der Waals surface area (Å²) >= 11 is 11.9. The van der Waals surface area contributed by atoms with E-state index in [1.165, 1.54) is 18.2 Å². The molecule has 10 heteroatoms. The molecule has 2 aromatic rings. The second kappa shape index (κ2) is 8.48. The molecule has 0 radical (unpaired) electrons. The molecule has 1 aliphatic carbocycles. The fraction of sp³-hybridized carbons (Fsp3) is 0.364. The van der Waals surface area contributed by atoms with Crippen molar-refractivity contribution < 1.29 is 22.8 Å². The van der Waals surface area contributed by atoms with Gasteiger partial charge in [-0.15, -0.1) is 0 Å². The third kappa shape index (κ3) is 4.13. The van der Waals surface area contributed by atoms with Crippen LogP contribution in [0.3, 0.4) is 0 Å². The smallest absolute Gasteiger partial charge is 0.374 e. The molecule has 0 aromatic heterocycles. The summed E-state index contributed by atoms with van der Waals surface area (Å²) in [6.45, 7) is 2.35. The van der Waals surface area contributed by atoms with Crippen LogP contribution in [0.2, 0.25) is 10.0 Å². The first-order valence-electron chi connectivity index (χ1n) is 10.1. The lowest BCUT2D eigenvalue weighted by atomic mass is 9.86. The number of hydrogen-bond donors (Lipinski definition) is 2. The summed E-state index contributed by atoms with van der Waals surface area (Å²) in [7, 11) is 0. The molecule has 1 heterocycles. The highest BCUT2D eigenvalue weighted by Gasteiger charge is 2.62. The number of urea groups is 1. The number of nitrogens with zero attached hydrogens (tertiary/aromatic N) is 1. The van der Waals surface area contributed by atoms with E-state index in [1.54, 1.807) is 6.07 Å². The van der Waals surface area contributed by atoms with Crippen LogP contribution in [0.4, 0.5) is 18.0 Å². The number of rotatable bonds is 4. The molecule has 2 amide bonds. The molecule has 2 aliphatic rings. The Hall–Kier alpha value is -2.45. The largest absolute Gasteiger partial charge is 0.435 e. The van der Waals surface area contributed by atoms with Crippen LogP contribution in [0.15, 0.2) is 41.6 Å². The van der Waals surface area contributed by atoms with E-state index in [9.17, 15) is 18.0 Å². The van der Waals surface area contributed by atoms with E-state index < -0.39 is 18.2 Å². The first kappa shape index (κ1) is 22.7. The van der Waals surface area contributed by atoms with Gasteiger partial charge in [0, 0.05) is 28.6 Å². The van der Waals surface area contributed by atoms with Crippen LogP contribution in [-0.2, 0) is 16.9 Å². The van der Waals surface area contributed by atoms with Crippen molar-refractivity contribution in [3.63, 3.8) is 0 Å². The topological polar surface area (TPSA) is 62.7 Å². The van der Waals surface area contributed by atoms with E-state index in [1.807, 2.05) is 19.1 Å². The molecule has 5 nitrogen and oxygen atoms in total. The van der Waals surface area contributed by atoms with E-state index in [-0.39, 0.29) is 33.4 Å². The number of alkyl halides is 3. The molecule has 2 aromatic carbocycles. The van der Waals surface area contributed by atoms with Crippen LogP contribution in [0.5, 0.6) is 0 Å². The summed E-state index contributed by atoms with van der Waals surface area (Å²) in [4.78, 5) is 16.9. The zero-order valence-electron chi connectivity index (χ0n) is 17.0. The molecule has 32 heavy (non-hydrogen) atoms. The first-order valence-corrected chi connectivity index (χ1v) is 10.8. The van der Waals surface area contributed by atoms with E-state index in [4.69, 9.17) is 28.0 Å². The van der Waals surface area contributed by atoms with Gasteiger partial charge in [0.05, 0.1) is 11.8 Å². The van der Waals surface area contributed by atoms with E-state index >= 15 is 0 Å². The van der Waals surface area contributed by atoms with Crippen LogP contribution in [0.1, 0.15) is 48.1 Å². The minimum absolute atomic E-state index is 0.0800. The average molecular weight is 486 g/mol. The molecular formula is C22H20Cl2F3N3O2. The van der Waals surface area contributed by atoms with Gasteiger partial charge in [0.2, 0.25) is 0 Å². The second-order valence-corrected chi connectivity index (χ2v) is 8.67. The van der Waals surface area contributed by atoms with Crippen LogP contribution in [-0.4, -0.2) is 24.5 Å². The Morgan fingerprint density at radius 2 is 1.94 bits per heavy atom. The maximum atomic E-state index is 14.2. The van der Waals surface area contributed by atoms with Gasteiger partial charge in [-0.3, -0.25) is 0 Å². The van der Waals surface area contributed by atoms with Crippen LogP contribution in [0, 0.1) is 0 Å². The quantitative estimate of drug-likeness (QED) is 0.567. The average Bonchev–Trinajstić information content (AvgIpc) is 3.32. The van der Waals surface area contributed by atoms with Gasteiger partial charge in [0.15, 0.2) is 0 Å². The minimum atomic E-state index is -4.75. The number of nitrogens with one attached hydrogen (secondary N) is 2. The third-order valence-electron chi connectivity index (χ3n) is 5.71. The van der Waals surface area contributed by atoms with Crippen molar-refractivity contribution in [1.82, 2.24) is 10.6 Å². The molecule has 170 valence electrons. The molecule has 0 saturated carbocycles. The highest BCUT2D eigenvalue weighted by atomic mass is 35.5. The lowest BCUT2D eigenvalue weighted by Gasteiger charge is -2.29. The van der Waals surface area contributed by atoms with Crippen molar-refractivity contribution in [2.24, 2.45) is 5.16 Å². The number of amides is 2. The van der Waals surface area contributed by atoms with Crippen molar-refractivity contribution in [1.29, 1.82) is 0 Å². The molecule has 1 aliphatic heterocycles. The van der Waals surface area contributed by atoms with Crippen molar-refractivity contribution in [2.75, 3.05) is 6.54 Å². The molecule has 4 rings (SSSR count). The van der Waals surface area contributed by atoms with E-state index in [2.05, 4.69) is 15.8 Å². The normalized spacial score (nSPS) is 22.2. The summed E-state index contributed by atoms with van der Waals surface area (Å²) in [6, 6.07) is 8.69. The van der Waals surface area contributed by atoms with Gasteiger partial charge in [0.25, 0.3) is 5.60 Å². The lowest BCUT2D eigenvalue weighted by Crippen LogP contribution is -2.42. The van der Waals surface area contributed by atoms with Crippen molar-refractivity contribution >= 4 is 34.9 Å². The number of carbonyl (C=O) groups is 1. The van der Waals surface area contributed by atoms with Crippen LogP contribution >= 0.6 is 23.2 Å². The number of halogens is 5. The maximum absolute atomic E-state index is 14.2. The number of benzene rings is 2. The molecule has 2 atom stereocenters. The monoisotopic (exact) mass is 485 g/mol. The Morgan fingerprint density at radius 3 is 2.59 bits per heavy atom. The molecule has 2 unspecified atom stereocenters. The number of aryl methyl sites for hydroxylation is 1. The predicted octanol–water partition coefficient (Wildman–Crippen LogP) is 5.88. The Kier molecular flexibility index (Phi) is 6.02. The summed E-state index contributed by atoms with van der Waals surface area (Å²) in [5.74, 6) is 0. The predicted molar refractivity (Wildman–Crippen MR) is 116 cm³/mol. The summed E-state index contributed by atoms with van der Waals surface area (Å²) in [6.07, 6.45) is -3.84. The third-order valence-corrected chi connectivity index (χ3v) is 6.15. The highest BCUT2D eigenvalue weighted by molar-refractivity contribution is 6.34. The maximum Gasteiger partial charge on any atom is 0.435 e. The van der Waals surface area contributed by atoms with Gasteiger partial charge in [-0.2, -0.15) is 13.2 Å². The lowest BCUT2D eigenvalue weighted by molar-refractivity contribution is -0.275. The number of carbonyl (C=O) groups excluding carboxylic acids is 1. The molecule has 0 spiro atoms. The van der Waals surface area contributed by atoms with Crippen molar-refractivity contribution in [2.45, 2.75) is 44.0 Å². The number of hydrogen-bond acceptors (Lipinski definition) is 3. The SMILES string of the molecule is CCNC(=O)NC1CCc2cc(C3=NOC(c4cc(Cl)cc(Cl)c4)(C(F)(F)F)C3)ccc21. The fourth-order valence-electron chi connectivity index (χ4n) is 4.16. The van der Waals surface area contributed by atoms with Crippen LogP contribution in [0.25, 0.3) is 0 Å². The molecule has 0 saturated heterocycles. The minimum Gasteiger partial charge on any atom is -0.374 e. The zero-order valence-corrected chi connectivity index (χ0v) is 18.5. The summed E-state index contributed by atoms with van der Waals surface area (Å²) < 4.78 is 42.5. The van der Waals surface area contributed by atoms with Crippen molar-refractivity contribution in [3.05, 3.63) is 68.7 Å². The zero-order chi connectivity index (χ0) is 23.1. The van der Waals surface area contributed by atoms with Gasteiger partial charge in [-0.25, -0.2) is 4.79 Å². The van der Waals surface area contributed by atoms with Gasteiger partial charge < -0.3 is 15.5 Å². The summed E-state index contributed by atoms with van der Waals surface area (Å²) in [5.41, 5.74) is -0.236. The van der Waals surface area contributed by atoms with Crippen molar-refractivity contribution in [3.8, 4) is 0 Å². The Morgan fingerprint density at radius 1 is 1.22 bits per heavy atom. The molecular weight excluding hydrogens is 466 g/mol. The van der Waals surface area contributed by atoms with Crippen LogP contribution < -0.4 is 10.6 Å². The van der Waals surface area contributed by atoms with Gasteiger partial charge >= 0.3 is 12.2 Å². The fourth-order valence-corrected chi connectivity index (χ4v) is 4.69. The van der Waals surface area contributed by atoms with Gasteiger partial charge in [0.1, 0.15) is 0 Å². The Balaban J connectivity index is 1.60. The Labute approximate surface area is 192 Å². The number of oxime groups is 1.